The molecule has 2 rings (SSSR count). The monoisotopic (exact) mass is 292 g/mol. The van der Waals surface area contributed by atoms with Gasteiger partial charge in [0.2, 0.25) is 0 Å². The summed E-state index contributed by atoms with van der Waals surface area (Å²) < 4.78 is 16.6. The van der Waals surface area contributed by atoms with Gasteiger partial charge in [0.1, 0.15) is 18.1 Å². The average Bonchev–Trinajstić information content (AvgIpc) is 2.52. The number of aliphatic carboxylic acids is 1. The van der Waals surface area contributed by atoms with Gasteiger partial charge in [0.15, 0.2) is 0 Å². The van der Waals surface area contributed by atoms with Gasteiger partial charge in [0, 0.05) is 24.3 Å². The van der Waals surface area contributed by atoms with E-state index in [9.17, 15) is 4.79 Å². The molecule has 1 saturated heterocycles. The number of hydrogen-bond donors (Lipinski definition) is 1. The summed E-state index contributed by atoms with van der Waals surface area (Å²) >= 11 is 0. The first-order chi connectivity index (χ1) is 10.2. The summed E-state index contributed by atoms with van der Waals surface area (Å²) in [5, 5.41) is 8.73. The van der Waals surface area contributed by atoms with Crippen LogP contribution < -0.4 is 9.47 Å². The summed E-state index contributed by atoms with van der Waals surface area (Å²) in [6, 6.07) is 5.30. The highest BCUT2D eigenvalue weighted by Crippen LogP contribution is 2.27. The molecule has 0 spiro atoms. The summed E-state index contributed by atoms with van der Waals surface area (Å²) in [6.45, 7) is 1.24. The van der Waals surface area contributed by atoms with Crippen LogP contribution in [0.25, 0.3) is 6.08 Å². The highest BCUT2D eigenvalue weighted by Gasteiger charge is 2.15. The first-order valence-electron chi connectivity index (χ1n) is 7.02. The van der Waals surface area contributed by atoms with E-state index in [-0.39, 0.29) is 6.10 Å². The van der Waals surface area contributed by atoms with E-state index in [4.69, 9.17) is 19.3 Å². The molecule has 1 unspecified atom stereocenters. The number of methoxy groups -OCH3 is 1. The molecule has 1 aromatic carbocycles. The molecule has 0 aliphatic carbocycles. The zero-order valence-corrected chi connectivity index (χ0v) is 12.1. The van der Waals surface area contributed by atoms with Crippen molar-refractivity contribution in [3.05, 3.63) is 29.8 Å². The van der Waals surface area contributed by atoms with E-state index in [1.54, 1.807) is 25.3 Å². The van der Waals surface area contributed by atoms with Gasteiger partial charge < -0.3 is 19.3 Å². The van der Waals surface area contributed by atoms with Crippen LogP contribution >= 0.6 is 0 Å². The van der Waals surface area contributed by atoms with Crippen LogP contribution in [0.15, 0.2) is 24.3 Å². The van der Waals surface area contributed by atoms with E-state index in [2.05, 4.69) is 0 Å². The van der Waals surface area contributed by atoms with E-state index >= 15 is 0 Å². The molecule has 114 valence electrons. The third kappa shape index (κ3) is 4.79. The van der Waals surface area contributed by atoms with Crippen LogP contribution in [-0.2, 0) is 9.53 Å². The lowest BCUT2D eigenvalue weighted by Gasteiger charge is -2.23. The van der Waals surface area contributed by atoms with Crippen LogP contribution in [0.2, 0.25) is 0 Å². The van der Waals surface area contributed by atoms with Gasteiger partial charge in [0.05, 0.1) is 13.2 Å². The van der Waals surface area contributed by atoms with Crippen LogP contribution in [0, 0.1) is 0 Å². The van der Waals surface area contributed by atoms with E-state index in [1.807, 2.05) is 0 Å². The normalized spacial score (nSPS) is 18.6. The van der Waals surface area contributed by atoms with Gasteiger partial charge >= 0.3 is 5.97 Å². The molecular weight excluding hydrogens is 272 g/mol. The third-order valence-corrected chi connectivity index (χ3v) is 3.32. The minimum atomic E-state index is -0.993. The van der Waals surface area contributed by atoms with Crippen molar-refractivity contribution in [2.24, 2.45) is 0 Å². The van der Waals surface area contributed by atoms with Gasteiger partial charge in [-0.15, -0.1) is 0 Å². The standard InChI is InChI=1S/C16H20O5/c1-19-13-7-5-12(6-8-16(17)18)15(10-13)21-11-14-4-2-3-9-20-14/h5-8,10,14H,2-4,9,11H2,1H3,(H,17,18). The minimum Gasteiger partial charge on any atom is -0.497 e. The second-order valence-corrected chi connectivity index (χ2v) is 4.87. The van der Waals surface area contributed by atoms with Gasteiger partial charge in [-0.2, -0.15) is 0 Å². The Bertz CT molecular complexity index is 503. The van der Waals surface area contributed by atoms with Gasteiger partial charge in [-0.25, -0.2) is 4.79 Å². The van der Waals surface area contributed by atoms with Crippen molar-refractivity contribution in [1.29, 1.82) is 0 Å². The molecule has 1 atom stereocenters. The molecule has 1 fully saturated rings. The SMILES string of the molecule is COc1ccc(C=CC(=O)O)c(OCC2CCCCO2)c1. The molecule has 1 aromatic rings. The molecule has 0 saturated carbocycles. The fourth-order valence-corrected chi connectivity index (χ4v) is 2.19. The van der Waals surface area contributed by atoms with E-state index in [1.165, 1.54) is 6.08 Å². The Balaban J connectivity index is 2.08. The quantitative estimate of drug-likeness (QED) is 0.817. The Morgan fingerprint density at radius 1 is 1.48 bits per heavy atom. The number of rotatable bonds is 6. The van der Waals surface area contributed by atoms with Crippen LogP contribution in [-0.4, -0.2) is 37.5 Å². The summed E-state index contributed by atoms with van der Waals surface area (Å²) in [7, 11) is 1.58. The number of ether oxygens (including phenoxy) is 3. The van der Waals surface area contributed by atoms with E-state index < -0.39 is 5.97 Å². The molecular formula is C16H20O5. The summed E-state index contributed by atoms with van der Waals surface area (Å²) in [5.41, 5.74) is 0.703. The zero-order valence-electron chi connectivity index (χ0n) is 12.1. The topological polar surface area (TPSA) is 65.0 Å². The number of carboxylic acids is 1. The van der Waals surface area contributed by atoms with Crippen molar-refractivity contribution in [2.45, 2.75) is 25.4 Å². The van der Waals surface area contributed by atoms with Crippen molar-refractivity contribution in [3.63, 3.8) is 0 Å². The molecule has 21 heavy (non-hydrogen) atoms. The Morgan fingerprint density at radius 2 is 2.33 bits per heavy atom. The maximum absolute atomic E-state index is 10.6. The first kappa shape index (κ1) is 15.4. The molecule has 0 aromatic heterocycles. The fourth-order valence-electron chi connectivity index (χ4n) is 2.19. The Labute approximate surface area is 124 Å². The molecule has 0 bridgehead atoms. The summed E-state index contributed by atoms with van der Waals surface area (Å²) in [4.78, 5) is 10.6. The third-order valence-electron chi connectivity index (χ3n) is 3.32. The molecule has 1 heterocycles. The zero-order chi connectivity index (χ0) is 15.1. The van der Waals surface area contributed by atoms with Crippen molar-refractivity contribution < 1.29 is 24.1 Å². The van der Waals surface area contributed by atoms with Gasteiger partial charge in [-0.1, -0.05) is 0 Å². The lowest BCUT2D eigenvalue weighted by molar-refractivity contribution is -0.131. The molecule has 0 amide bonds. The lowest BCUT2D eigenvalue weighted by Crippen LogP contribution is -2.25. The van der Waals surface area contributed by atoms with Gasteiger partial charge in [-0.05, 0) is 37.5 Å². The summed E-state index contributed by atoms with van der Waals surface area (Å²) in [6.07, 6.45) is 5.94. The van der Waals surface area contributed by atoms with Crippen LogP contribution in [0.3, 0.4) is 0 Å². The van der Waals surface area contributed by atoms with Crippen molar-refractivity contribution in [2.75, 3.05) is 20.3 Å². The maximum Gasteiger partial charge on any atom is 0.328 e. The maximum atomic E-state index is 10.6. The predicted octanol–water partition coefficient (Wildman–Crippen LogP) is 2.74. The molecule has 1 N–H and O–H groups in total. The number of benzene rings is 1. The minimum absolute atomic E-state index is 0.0984. The Hall–Kier alpha value is -2.01. The number of hydrogen-bond acceptors (Lipinski definition) is 4. The molecule has 5 nitrogen and oxygen atoms in total. The van der Waals surface area contributed by atoms with E-state index in [0.717, 1.165) is 31.9 Å². The lowest BCUT2D eigenvalue weighted by atomic mass is 10.1. The fraction of sp³-hybridized carbons (Fsp3) is 0.438. The highest BCUT2D eigenvalue weighted by atomic mass is 16.5. The number of carbonyl (C=O) groups is 1. The Morgan fingerprint density at radius 3 is 3.00 bits per heavy atom. The van der Waals surface area contributed by atoms with Crippen LogP contribution in [0.5, 0.6) is 11.5 Å². The molecule has 5 heteroatoms. The highest BCUT2D eigenvalue weighted by molar-refractivity contribution is 5.86. The second kappa shape index (κ2) is 7.69. The summed E-state index contributed by atoms with van der Waals surface area (Å²) in [5.74, 6) is 0.274. The van der Waals surface area contributed by atoms with Crippen LogP contribution in [0.4, 0.5) is 0 Å². The molecule has 1 aliphatic rings. The Kier molecular flexibility index (Phi) is 5.63. The van der Waals surface area contributed by atoms with E-state index in [0.29, 0.717) is 23.7 Å². The van der Waals surface area contributed by atoms with Gasteiger partial charge in [-0.3, -0.25) is 0 Å². The van der Waals surface area contributed by atoms with Crippen molar-refractivity contribution >= 4 is 12.0 Å². The molecule has 1 aliphatic heterocycles. The first-order valence-corrected chi connectivity index (χ1v) is 7.02. The van der Waals surface area contributed by atoms with Crippen molar-refractivity contribution in [1.82, 2.24) is 0 Å². The van der Waals surface area contributed by atoms with Crippen LogP contribution in [0.1, 0.15) is 24.8 Å². The average molecular weight is 292 g/mol. The van der Waals surface area contributed by atoms with Crippen molar-refractivity contribution in [3.8, 4) is 11.5 Å². The largest absolute Gasteiger partial charge is 0.497 e. The smallest absolute Gasteiger partial charge is 0.328 e. The molecule has 0 radical (unpaired) electrons. The van der Waals surface area contributed by atoms with Gasteiger partial charge in [0.25, 0.3) is 0 Å². The second-order valence-electron chi connectivity index (χ2n) is 4.87. The number of carboxylic acid groups (broad SMARTS) is 1. The predicted molar refractivity (Wildman–Crippen MR) is 78.7 cm³/mol.